The summed E-state index contributed by atoms with van der Waals surface area (Å²) < 4.78 is 10.6. The van der Waals surface area contributed by atoms with E-state index in [1.807, 2.05) is 24.3 Å². The van der Waals surface area contributed by atoms with E-state index in [1.165, 1.54) is 0 Å². The first-order chi connectivity index (χ1) is 9.60. The molecule has 2 heterocycles. The van der Waals surface area contributed by atoms with Crippen LogP contribution in [0.3, 0.4) is 0 Å². The Balaban J connectivity index is 2.03. The average Bonchev–Trinajstić information content (AvgIpc) is 2.94. The molecule has 1 aromatic carbocycles. The minimum absolute atomic E-state index is 0.245. The van der Waals surface area contributed by atoms with E-state index in [4.69, 9.17) is 14.7 Å². The van der Waals surface area contributed by atoms with Gasteiger partial charge in [-0.15, -0.1) is 0 Å². The Hall–Kier alpha value is -2.61. The fraction of sp³-hybridized carbons (Fsp3) is 0.267. The number of benzene rings is 1. The predicted molar refractivity (Wildman–Crippen MR) is 72.2 cm³/mol. The molecular weight excluding hydrogens is 254 g/mol. The number of nitriles is 1. The average molecular weight is 267 g/mol. The van der Waals surface area contributed by atoms with Crippen molar-refractivity contribution in [3.8, 4) is 28.8 Å². The topological polar surface area (TPSA) is 68.0 Å². The van der Waals surface area contributed by atoms with Crippen LogP contribution in [-0.2, 0) is 5.41 Å². The quantitative estimate of drug-likeness (QED) is 0.836. The molecule has 0 saturated heterocycles. The fourth-order valence-corrected chi connectivity index (χ4v) is 1.93. The van der Waals surface area contributed by atoms with Crippen LogP contribution in [0.5, 0.6) is 11.5 Å². The summed E-state index contributed by atoms with van der Waals surface area (Å²) in [5.41, 5.74) is 0.954. The normalized spacial score (nSPS) is 13.1. The molecule has 5 nitrogen and oxygen atoms in total. The Labute approximate surface area is 116 Å². The second kappa shape index (κ2) is 4.49. The van der Waals surface area contributed by atoms with Gasteiger partial charge in [0.2, 0.25) is 6.79 Å². The molecule has 0 unspecified atom stereocenters. The van der Waals surface area contributed by atoms with Crippen molar-refractivity contribution in [3.05, 3.63) is 36.3 Å². The van der Waals surface area contributed by atoms with Crippen LogP contribution in [0.15, 0.2) is 30.5 Å². The first kappa shape index (κ1) is 12.4. The van der Waals surface area contributed by atoms with E-state index in [-0.39, 0.29) is 6.79 Å². The van der Waals surface area contributed by atoms with Crippen LogP contribution in [0, 0.1) is 11.3 Å². The summed E-state index contributed by atoms with van der Waals surface area (Å²) in [6.07, 6.45) is 1.67. The highest BCUT2D eigenvalue weighted by Crippen LogP contribution is 2.35. The molecule has 3 rings (SSSR count). The first-order valence-corrected chi connectivity index (χ1v) is 6.25. The molecule has 0 bridgehead atoms. The summed E-state index contributed by atoms with van der Waals surface area (Å²) in [6.45, 7) is 3.84. The zero-order valence-corrected chi connectivity index (χ0v) is 11.3. The molecule has 1 aliphatic heterocycles. The highest BCUT2D eigenvalue weighted by Gasteiger charge is 2.24. The maximum atomic E-state index is 9.17. The second-order valence-electron chi connectivity index (χ2n) is 5.07. The number of fused-ring (bicyclic) bond motifs is 1. The lowest BCUT2D eigenvalue weighted by atomic mass is 9.94. The highest BCUT2D eigenvalue weighted by molar-refractivity contribution is 5.64. The molecule has 0 aliphatic carbocycles. The van der Waals surface area contributed by atoms with Crippen LogP contribution < -0.4 is 9.47 Å². The Morgan fingerprint density at radius 3 is 2.80 bits per heavy atom. The summed E-state index contributed by atoms with van der Waals surface area (Å²) in [4.78, 5) is 8.67. The Morgan fingerprint density at radius 2 is 2.00 bits per heavy atom. The molecule has 0 spiro atoms. The molecule has 0 fully saturated rings. The molecule has 1 aliphatic rings. The molecule has 100 valence electrons. The standard InChI is InChI=1S/C15H13N3O2/c1-15(2,8-16)14-17-6-5-11(18-14)10-3-4-12-13(7-10)20-9-19-12/h3-7H,9H2,1-2H3. The monoisotopic (exact) mass is 267 g/mol. The SMILES string of the molecule is CC(C)(C#N)c1nccc(-c2ccc3c(c2)OCO3)n1. The van der Waals surface area contributed by atoms with E-state index in [2.05, 4.69) is 16.0 Å². The molecular formula is C15H13N3O2. The zero-order valence-electron chi connectivity index (χ0n) is 11.3. The lowest BCUT2D eigenvalue weighted by Crippen LogP contribution is -2.18. The number of aromatic nitrogens is 2. The molecule has 0 amide bonds. The van der Waals surface area contributed by atoms with Crippen molar-refractivity contribution in [2.24, 2.45) is 0 Å². The van der Waals surface area contributed by atoms with Gasteiger partial charge in [-0.05, 0) is 38.1 Å². The molecule has 0 N–H and O–H groups in total. The lowest BCUT2D eigenvalue weighted by molar-refractivity contribution is 0.174. The Bertz CT molecular complexity index is 705. The van der Waals surface area contributed by atoms with Crippen molar-refractivity contribution < 1.29 is 9.47 Å². The van der Waals surface area contributed by atoms with Crippen molar-refractivity contribution in [1.29, 1.82) is 5.26 Å². The van der Waals surface area contributed by atoms with Gasteiger partial charge in [0.05, 0.1) is 11.8 Å². The third-order valence-corrected chi connectivity index (χ3v) is 3.16. The van der Waals surface area contributed by atoms with E-state index in [9.17, 15) is 0 Å². The number of ether oxygens (including phenoxy) is 2. The molecule has 0 saturated carbocycles. The van der Waals surface area contributed by atoms with Gasteiger partial charge in [-0.2, -0.15) is 5.26 Å². The zero-order chi connectivity index (χ0) is 14.2. The van der Waals surface area contributed by atoms with E-state index in [1.54, 1.807) is 20.0 Å². The van der Waals surface area contributed by atoms with Gasteiger partial charge in [0.25, 0.3) is 0 Å². The van der Waals surface area contributed by atoms with Crippen molar-refractivity contribution in [2.45, 2.75) is 19.3 Å². The van der Waals surface area contributed by atoms with Crippen molar-refractivity contribution in [3.63, 3.8) is 0 Å². The number of hydrogen-bond acceptors (Lipinski definition) is 5. The molecule has 1 aromatic heterocycles. The Kier molecular flexibility index (Phi) is 2.79. The minimum Gasteiger partial charge on any atom is -0.454 e. The number of nitrogens with zero attached hydrogens (tertiary/aromatic N) is 3. The van der Waals surface area contributed by atoms with Gasteiger partial charge in [-0.3, -0.25) is 0 Å². The smallest absolute Gasteiger partial charge is 0.231 e. The number of hydrogen-bond donors (Lipinski definition) is 0. The largest absolute Gasteiger partial charge is 0.454 e. The van der Waals surface area contributed by atoms with E-state index >= 15 is 0 Å². The molecule has 5 heteroatoms. The lowest BCUT2D eigenvalue weighted by Gasteiger charge is -2.14. The van der Waals surface area contributed by atoms with E-state index in [0.717, 1.165) is 17.0 Å². The molecule has 0 atom stereocenters. The maximum Gasteiger partial charge on any atom is 0.231 e. The fourth-order valence-electron chi connectivity index (χ4n) is 1.93. The van der Waals surface area contributed by atoms with Gasteiger partial charge in [0.15, 0.2) is 11.5 Å². The summed E-state index contributed by atoms with van der Waals surface area (Å²) in [5.74, 6) is 1.96. The summed E-state index contributed by atoms with van der Waals surface area (Å²) >= 11 is 0. The van der Waals surface area contributed by atoms with Crippen LogP contribution >= 0.6 is 0 Å². The summed E-state index contributed by atoms with van der Waals surface area (Å²) in [6, 6.07) is 9.68. The summed E-state index contributed by atoms with van der Waals surface area (Å²) in [7, 11) is 0. The van der Waals surface area contributed by atoms with Gasteiger partial charge < -0.3 is 9.47 Å². The number of rotatable bonds is 2. The van der Waals surface area contributed by atoms with Crippen molar-refractivity contribution in [1.82, 2.24) is 9.97 Å². The maximum absolute atomic E-state index is 9.17. The first-order valence-electron chi connectivity index (χ1n) is 6.25. The molecule has 20 heavy (non-hydrogen) atoms. The van der Waals surface area contributed by atoms with E-state index < -0.39 is 5.41 Å². The van der Waals surface area contributed by atoms with Crippen LogP contribution in [0.2, 0.25) is 0 Å². The van der Waals surface area contributed by atoms with Gasteiger partial charge >= 0.3 is 0 Å². The Morgan fingerprint density at radius 1 is 1.20 bits per heavy atom. The van der Waals surface area contributed by atoms with Crippen molar-refractivity contribution in [2.75, 3.05) is 6.79 Å². The van der Waals surface area contributed by atoms with Crippen LogP contribution in [-0.4, -0.2) is 16.8 Å². The van der Waals surface area contributed by atoms with Gasteiger partial charge in [0, 0.05) is 11.8 Å². The molecule has 2 aromatic rings. The third-order valence-electron chi connectivity index (χ3n) is 3.16. The van der Waals surface area contributed by atoms with E-state index in [0.29, 0.717) is 11.6 Å². The minimum atomic E-state index is -0.716. The highest BCUT2D eigenvalue weighted by atomic mass is 16.7. The van der Waals surface area contributed by atoms with Gasteiger partial charge in [-0.25, -0.2) is 9.97 Å². The van der Waals surface area contributed by atoms with Crippen LogP contribution in [0.1, 0.15) is 19.7 Å². The molecule has 0 radical (unpaired) electrons. The van der Waals surface area contributed by atoms with Crippen LogP contribution in [0.4, 0.5) is 0 Å². The van der Waals surface area contributed by atoms with Crippen LogP contribution in [0.25, 0.3) is 11.3 Å². The van der Waals surface area contributed by atoms with Gasteiger partial charge in [-0.1, -0.05) is 0 Å². The van der Waals surface area contributed by atoms with Gasteiger partial charge in [0.1, 0.15) is 11.2 Å². The summed E-state index contributed by atoms with van der Waals surface area (Å²) in [5, 5.41) is 9.17. The predicted octanol–water partition coefficient (Wildman–Crippen LogP) is 2.67. The second-order valence-corrected chi connectivity index (χ2v) is 5.07. The third kappa shape index (κ3) is 2.05. The van der Waals surface area contributed by atoms with Crippen molar-refractivity contribution >= 4 is 0 Å².